The van der Waals surface area contributed by atoms with Crippen molar-refractivity contribution >= 4 is 21.6 Å². The lowest BCUT2D eigenvalue weighted by molar-refractivity contribution is 0.581. The van der Waals surface area contributed by atoms with Crippen molar-refractivity contribution in [1.29, 1.82) is 0 Å². The van der Waals surface area contributed by atoms with E-state index in [2.05, 4.69) is 11.6 Å². The third-order valence-electron chi connectivity index (χ3n) is 2.83. The van der Waals surface area contributed by atoms with Gasteiger partial charge in [-0.05, 0) is 37.0 Å². The fourth-order valence-electron chi connectivity index (χ4n) is 1.80. The third-order valence-corrected chi connectivity index (χ3v) is 4.68. The van der Waals surface area contributed by atoms with Gasteiger partial charge in [0.2, 0.25) is 10.0 Å². The van der Waals surface area contributed by atoms with Crippen LogP contribution in [0.15, 0.2) is 29.2 Å². The average molecular weight is 304 g/mol. The first-order valence-electron chi connectivity index (χ1n) is 6.72. The minimum atomic E-state index is -3.36. The molecule has 3 nitrogen and oxygen atoms in total. The zero-order valence-electron chi connectivity index (χ0n) is 11.5. The molecule has 0 bridgehead atoms. The first-order valence-corrected chi connectivity index (χ1v) is 8.64. The third kappa shape index (κ3) is 5.51. The van der Waals surface area contributed by atoms with Gasteiger partial charge in [-0.15, -0.1) is 11.6 Å². The first kappa shape index (κ1) is 16.5. The second-order valence-electron chi connectivity index (χ2n) is 4.63. The van der Waals surface area contributed by atoms with E-state index in [0.717, 1.165) is 31.2 Å². The second-order valence-corrected chi connectivity index (χ2v) is 7.02. The summed E-state index contributed by atoms with van der Waals surface area (Å²) in [6.07, 6.45) is 3.58. The van der Waals surface area contributed by atoms with E-state index in [9.17, 15) is 8.42 Å². The lowest BCUT2D eigenvalue weighted by Crippen LogP contribution is -2.24. The van der Waals surface area contributed by atoms with Crippen LogP contribution in [0.25, 0.3) is 0 Å². The highest BCUT2D eigenvalue weighted by molar-refractivity contribution is 7.89. The molecular formula is C14H22ClNO2S. The van der Waals surface area contributed by atoms with E-state index < -0.39 is 10.0 Å². The number of hydrogen-bond acceptors (Lipinski definition) is 2. The van der Waals surface area contributed by atoms with E-state index in [4.69, 9.17) is 11.6 Å². The van der Waals surface area contributed by atoms with Crippen molar-refractivity contribution in [3.63, 3.8) is 0 Å². The quantitative estimate of drug-likeness (QED) is 0.749. The van der Waals surface area contributed by atoms with Crippen molar-refractivity contribution in [1.82, 2.24) is 4.72 Å². The van der Waals surface area contributed by atoms with Crippen LogP contribution in [-0.2, 0) is 16.4 Å². The van der Waals surface area contributed by atoms with Gasteiger partial charge in [0.05, 0.1) is 4.90 Å². The number of benzene rings is 1. The van der Waals surface area contributed by atoms with Crippen molar-refractivity contribution < 1.29 is 8.42 Å². The first-order chi connectivity index (χ1) is 8.99. The van der Waals surface area contributed by atoms with Crippen molar-refractivity contribution in [3.8, 4) is 0 Å². The molecule has 0 saturated carbocycles. The maximum absolute atomic E-state index is 11.9. The summed E-state index contributed by atoms with van der Waals surface area (Å²) in [7, 11) is -3.36. The molecule has 5 heteroatoms. The number of hydrogen-bond donors (Lipinski definition) is 1. The largest absolute Gasteiger partial charge is 0.240 e. The predicted octanol–water partition coefficient (Wildman–Crippen LogP) is 3.32. The molecule has 19 heavy (non-hydrogen) atoms. The van der Waals surface area contributed by atoms with Crippen LogP contribution in [0.5, 0.6) is 0 Å². The molecule has 1 unspecified atom stereocenters. The topological polar surface area (TPSA) is 46.2 Å². The number of rotatable bonds is 8. The molecule has 1 rings (SSSR count). The van der Waals surface area contributed by atoms with E-state index in [-0.39, 0.29) is 5.38 Å². The Kier molecular flexibility index (Phi) is 6.83. The van der Waals surface area contributed by atoms with Crippen LogP contribution in [0.1, 0.15) is 38.7 Å². The van der Waals surface area contributed by atoms with Crippen LogP contribution in [0.2, 0.25) is 0 Å². The van der Waals surface area contributed by atoms with E-state index in [0.29, 0.717) is 11.4 Å². The highest BCUT2D eigenvalue weighted by atomic mass is 35.5. The minimum Gasteiger partial charge on any atom is -0.211 e. The SMILES string of the molecule is CCCNS(=O)(=O)c1ccc(CC(Cl)CCC)cc1. The maximum atomic E-state index is 11.9. The average Bonchev–Trinajstić information content (AvgIpc) is 2.37. The Labute approximate surface area is 121 Å². The predicted molar refractivity (Wildman–Crippen MR) is 80.2 cm³/mol. The van der Waals surface area contributed by atoms with Crippen molar-refractivity contribution in [2.45, 2.75) is 49.8 Å². The highest BCUT2D eigenvalue weighted by Gasteiger charge is 2.13. The molecule has 0 radical (unpaired) electrons. The molecule has 0 aliphatic rings. The molecule has 1 N–H and O–H groups in total. The molecule has 1 aromatic carbocycles. The number of alkyl halides is 1. The molecule has 0 heterocycles. The van der Waals surface area contributed by atoms with Gasteiger partial charge < -0.3 is 0 Å². The standard InChI is InChI=1S/C14H22ClNO2S/c1-3-5-13(15)11-12-6-8-14(9-7-12)19(17,18)16-10-4-2/h6-9,13,16H,3-5,10-11H2,1-2H3. The molecule has 0 aliphatic heterocycles. The smallest absolute Gasteiger partial charge is 0.211 e. The van der Waals surface area contributed by atoms with Gasteiger partial charge in [-0.1, -0.05) is 32.4 Å². The fraction of sp³-hybridized carbons (Fsp3) is 0.571. The molecule has 0 fully saturated rings. The minimum absolute atomic E-state index is 0.116. The van der Waals surface area contributed by atoms with Gasteiger partial charge in [0.25, 0.3) is 0 Å². The van der Waals surface area contributed by atoms with Gasteiger partial charge in [0.1, 0.15) is 0 Å². The summed E-state index contributed by atoms with van der Waals surface area (Å²) in [5.41, 5.74) is 1.07. The summed E-state index contributed by atoms with van der Waals surface area (Å²) in [6, 6.07) is 6.96. The summed E-state index contributed by atoms with van der Waals surface area (Å²) >= 11 is 6.18. The Bertz CT molecular complexity index is 471. The Hall–Kier alpha value is -0.580. The molecule has 0 saturated heterocycles. The molecular weight excluding hydrogens is 282 g/mol. The van der Waals surface area contributed by atoms with Crippen molar-refractivity contribution in [3.05, 3.63) is 29.8 Å². The Balaban J connectivity index is 2.71. The van der Waals surface area contributed by atoms with Gasteiger partial charge >= 0.3 is 0 Å². The lowest BCUT2D eigenvalue weighted by atomic mass is 10.1. The Morgan fingerprint density at radius 1 is 1.16 bits per heavy atom. The van der Waals surface area contributed by atoms with Crippen LogP contribution in [0.4, 0.5) is 0 Å². The van der Waals surface area contributed by atoms with Gasteiger partial charge in [-0.25, -0.2) is 13.1 Å². The number of nitrogens with one attached hydrogen (secondary N) is 1. The zero-order chi connectivity index (χ0) is 14.3. The van der Waals surface area contributed by atoms with Crippen LogP contribution < -0.4 is 4.72 Å². The van der Waals surface area contributed by atoms with E-state index in [1.807, 2.05) is 19.1 Å². The molecule has 0 aromatic heterocycles. The van der Waals surface area contributed by atoms with Crippen LogP contribution >= 0.6 is 11.6 Å². The highest BCUT2D eigenvalue weighted by Crippen LogP contribution is 2.16. The van der Waals surface area contributed by atoms with E-state index in [1.165, 1.54) is 0 Å². The van der Waals surface area contributed by atoms with Gasteiger partial charge in [-0.3, -0.25) is 0 Å². The summed E-state index contributed by atoms with van der Waals surface area (Å²) in [4.78, 5) is 0.311. The summed E-state index contributed by atoms with van der Waals surface area (Å²) < 4.78 is 26.3. The lowest BCUT2D eigenvalue weighted by Gasteiger charge is -2.09. The van der Waals surface area contributed by atoms with Gasteiger partial charge in [0.15, 0.2) is 0 Å². The van der Waals surface area contributed by atoms with Gasteiger partial charge in [-0.2, -0.15) is 0 Å². The molecule has 1 atom stereocenters. The molecule has 1 aromatic rings. The summed E-state index contributed by atoms with van der Waals surface area (Å²) in [5, 5.41) is 0.116. The second kappa shape index (κ2) is 7.88. The monoisotopic (exact) mass is 303 g/mol. The van der Waals surface area contributed by atoms with E-state index in [1.54, 1.807) is 12.1 Å². The Morgan fingerprint density at radius 2 is 1.79 bits per heavy atom. The molecule has 108 valence electrons. The summed E-state index contributed by atoms with van der Waals surface area (Å²) in [6.45, 7) is 4.49. The molecule has 0 spiro atoms. The van der Waals surface area contributed by atoms with E-state index >= 15 is 0 Å². The number of sulfonamides is 1. The van der Waals surface area contributed by atoms with Crippen LogP contribution in [-0.4, -0.2) is 20.3 Å². The normalized spacial score (nSPS) is 13.4. The molecule has 0 aliphatic carbocycles. The number of halogens is 1. The van der Waals surface area contributed by atoms with Crippen LogP contribution in [0, 0.1) is 0 Å². The van der Waals surface area contributed by atoms with Crippen molar-refractivity contribution in [2.75, 3.05) is 6.54 Å². The summed E-state index contributed by atoms with van der Waals surface area (Å²) in [5.74, 6) is 0. The zero-order valence-corrected chi connectivity index (χ0v) is 13.1. The maximum Gasteiger partial charge on any atom is 0.240 e. The van der Waals surface area contributed by atoms with Crippen LogP contribution in [0.3, 0.4) is 0 Å². The molecule has 0 amide bonds. The Morgan fingerprint density at radius 3 is 2.32 bits per heavy atom. The fourth-order valence-corrected chi connectivity index (χ4v) is 3.33. The van der Waals surface area contributed by atoms with Gasteiger partial charge in [0, 0.05) is 11.9 Å². The van der Waals surface area contributed by atoms with Crippen molar-refractivity contribution in [2.24, 2.45) is 0 Å².